The number of hydrogen-bond acceptors (Lipinski definition) is 5. The third-order valence-corrected chi connectivity index (χ3v) is 7.50. The Morgan fingerprint density at radius 3 is 2.45 bits per heavy atom. The van der Waals surface area contributed by atoms with Crippen molar-refractivity contribution in [3.05, 3.63) is 41.7 Å². The van der Waals surface area contributed by atoms with E-state index >= 15 is 0 Å². The Morgan fingerprint density at radius 2 is 1.84 bits per heavy atom. The zero-order valence-electron chi connectivity index (χ0n) is 18.7. The average molecular weight is 427 g/mol. The number of nitrogens with zero attached hydrogens (tertiary/aromatic N) is 6. The SMILES string of the molecule is C[N+](C)(CCc1nnn[n-]1)C1CCN(C(=O)C(O)(c2ccccc2)C2CCCC2)CC1. The molecular weight excluding hydrogens is 392 g/mol. The number of quaternary nitrogens is 1. The van der Waals surface area contributed by atoms with E-state index in [2.05, 4.69) is 34.7 Å². The van der Waals surface area contributed by atoms with E-state index in [0.29, 0.717) is 25.0 Å². The van der Waals surface area contributed by atoms with Gasteiger partial charge < -0.3 is 19.6 Å². The molecule has 31 heavy (non-hydrogen) atoms. The molecule has 168 valence electrons. The normalized spacial score (nSPS) is 20.7. The van der Waals surface area contributed by atoms with Gasteiger partial charge in [-0.2, -0.15) is 5.21 Å². The number of carbonyl (C=O) groups excluding carboxylic acids is 1. The second kappa shape index (κ2) is 9.04. The van der Waals surface area contributed by atoms with Crippen LogP contribution in [0.3, 0.4) is 0 Å². The molecular formula is C23H34N6O2. The van der Waals surface area contributed by atoms with Crippen molar-refractivity contribution < 1.29 is 14.4 Å². The van der Waals surface area contributed by atoms with Crippen LogP contribution < -0.4 is 5.10 Å². The summed E-state index contributed by atoms with van der Waals surface area (Å²) in [5.74, 6) is 0.569. The Kier molecular flexibility index (Phi) is 6.39. The van der Waals surface area contributed by atoms with Crippen molar-refractivity contribution >= 4 is 5.91 Å². The Morgan fingerprint density at radius 1 is 1.16 bits per heavy atom. The smallest absolute Gasteiger partial charge is 0.259 e. The summed E-state index contributed by atoms with van der Waals surface area (Å²) in [5.41, 5.74) is -0.675. The molecule has 2 aromatic rings. The molecule has 8 heteroatoms. The van der Waals surface area contributed by atoms with Crippen molar-refractivity contribution in [3.63, 3.8) is 0 Å². The lowest BCUT2D eigenvalue weighted by atomic mass is 9.78. The Labute approximate surface area is 184 Å². The van der Waals surface area contributed by atoms with Crippen LogP contribution in [0.1, 0.15) is 49.9 Å². The summed E-state index contributed by atoms with van der Waals surface area (Å²) in [6.07, 6.45) is 6.57. The number of aromatic nitrogens is 4. The first-order chi connectivity index (χ1) is 14.9. The van der Waals surface area contributed by atoms with Gasteiger partial charge in [0.1, 0.15) is 0 Å². The average Bonchev–Trinajstić information content (AvgIpc) is 3.52. The van der Waals surface area contributed by atoms with Gasteiger partial charge in [0.25, 0.3) is 5.91 Å². The fraction of sp³-hybridized carbons (Fsp3) is 0.652. The van der Waals surface area contributed by atoms with Gasteiger partial charge in [0.15, 0.2) is 5.60 Å². The van der Waals surface area contributed by atoms with Crippen LogP contribution in [-0.2, 0) is 16.8 Å². The highest BCUT2D eigenvalue weighted by Gasteiger charge is 2.49. The molecule has 8 nitrogen and oxygen atoms in total. The Bertz CT molecular complexity index is 842. The molecule has 1 amide bonds. The molecule has 1 saturated carbocycles. The third-order valence-electron chi connectivity index (χ3n) is 7.50. The van der Waals surface area contributed by atoms with Gasteiger partial charge in [-0.05, 0) is 18.4 Å². The maximum Gasteiger partial charge on any atom is 0.259 e. The highest BCUT2D eigenvalue weighted by Crippen LogP contribution is 2.42. The monoisotopic (exact) mass is 426 g/mol. The first-order valence-corrected chi connectivity index (χ1v) is 11.5. The lowest BCUT2D eigenvalue weighted by molar-refractivity contribution is -0.916. The van der Waals surface area contributed by atoms with E-state index in [-0.39, 0.29) is 11.8 Å². The summed E-state index contributed by atoms with van der Waals surface area (Å²) in [7, 11) is 4.45. The van der Waals surface area contributed by atoms with Crippen LogP contribution in [0.2, 0.25) is 0 Å². The summed E-state index contributed by atoms with van der Waals surface area (Å²) in [4.78, 5) is 15.6. The second-order valence-corrected chi connectivity index (χ2v) is 9.68. The molecule has 1 atom stereocenters. The number of aliphatic hydroxyl groups is 1. The number of likely N-dealkylation sites (N-methyl/N-ethyl adjacent to an activating group) is 1. The first kappa shape index (κ1) is 21.9. The van der Waals surface area contributed by atoms with E-state index in [1.165, 1.54) is 0 Å². The second-order valence-electron chi connectivity index (χ2n) is 9.68. The van der Waals surface area contributed by atoms with Gasteiger partial charge in [-0.25, -0.2) is 0 Å². The van der Waals surface area contributed by atoms with E-state index in [0.717, 1.165) is 61.5 Å². The molecule has 0 bridgehead atoms. The van der Waals surface area contributed by atoms with Gasteiger partial charge in [0.2, 0.25) is 0 Å². The van der Waals surface area contributed by atoms with Crippen LogP contribution in [0.5, 0.6) is 0 Å². The standard InChI is InChI=1S/C23H34N6O2/c1-29(2,17-14-21-24-26-27-25-21)20-12-15-28(16-13-20)22(30)23(31,19-10-6-7-11-19)18-8-4-3-5-9-18/h3-5,8-9,19-20,31H,6-7,10-17H2,1-2H3. The molecule has 0 spiro atoms. The summed E-state index contributed by atoms with van der Waals surface area (Å²) in [5, 5.41) is 26.8. The molecule has 1 unspecified atom stereocenters. The van der Waals surface area contributed by atoms with Gasteiger partial charge in [-0.1, -0.05) is 43.2 Å². The van der Waals surface area contributed by atoms with E-state index in [4.69, 9.17) is 0 Å². The summed E-state index contributed by atoms with van der Waals surface area (Å²) in [6, 6.07) is 10.0. The number of piperidine rings is 1. The van der Waals surface area contributed by atoms with Gasteiger partial charge >= 0.3 is 0 Å². The fourth-order valence-electron chi connectivity index (χ4n) is 5.41. The molecule has 1 N–H and O–H groups in total. The van der Waals surface area contributed by atoms with Crippen LogP contribution in [-0.4, -0.2) is 75.7 Å². The number of hydrogen-bond donors (Lipinski definition) is 1. The Hall–Kier alpha value is -2.32. The lowest BCUT2D eigenvalue weighted by Gasteiger charge is -2.45. The number of amides is 1. The van der Waals surface area contributed by atoms with Crippen LogP contribution in [0.25, 0.3) is 0 Å². The van der Waals surface area contributed by atoms with E-state index in [1.807, 2.05) is 35.2 Å². The third kappa shape index (κ3) is 4.50. The molecule has 2 aliphatic rings. The van der Waals surface area contributed by atoms with E-state index in [1.54, 1.807) is 0 Å². The van der Waals surface area contributed by atoms with Crippen LogP contribution in [0.15, 0.2) is 30.3 Å². The van der Waals surface area contributed by atoms with Crippen LogP contribution >= 0.6 is 0 Å². The molecule has 1 aliphatic heterocycles. The first-order valence-electron chi connectivity index (χ1n) is 11.5. The maximum atomic E-state index is 13.7. The number of tetrazole rings is 1. The minimum atomic E-state index is -1.41. The van der Waals surface area contributed by atoms with E-state index in [9.17, 15) is 9.90 Å². The fourth-order valence-corrected chi connectivity index (χ4v) is 5.41. The maximum absolute atomic E-state index is 13.7. The van der Waals surface area contributed by atoms with Crippen molar-refractivity contribution in [1.82, 2.24) is 25.5 Å². The van der Waals surface area contributed by atoms with Crippen LogP contribution in [0.4, 0.5) is 0 Å². The van der Waals surface area contributed by atoms with Gasteiger partial charge in [0, 0.05) is 44.1 Å². The van der Waals surface area contributed by atoms with Crippen molar-refractivity contribution in [2.75, 3.05) is 33.7 Å². The van der Waals surface area contributed by atoms with Crippen molar-refractivity contribution in [2.24, 2.45) is 5.92 Å². The number of rotatable bonds is 7. The zero-order chi connectivity index (χ0) is 21.9. The molecule has 1 aliphatic carbocycles. The quantitative estimate of drug-likeness (QED) is 0.675. The minimum absolute atomic E-state index is 0.000824. The number of carbonyl (C=O) groups is 1. The molecule has 1 aromatic carbocycles. The molecule has 1 saturated heterocycles. The molecule has 4 rings (SSSR count). The molecule has 1 aromatic heterocycles. The molecule has 2 heterocycles. The van der Waals surface area contributed by atoms with Crippen molar-refractivity contribution in [1.29, 1.82) is 0 Å². The highest BCUT2D eigenvalue weighted by molar-refractivity contribution is 5.87. The lowest BCUT2D eigenvalue weighted by Crippen LogP contribution is -2.58. The number of likely N-dealkylation sites (tertiary alicyclic amines) is 1. The summed E-state index contributed by atoms with van der Waals surface area (Å²) >= 11 is 0. The predicted molar refractivity (Wildman–Crippen MR) is 116 cm³/mol. The molecule has 0 radical (unpaired) electrons. The van der Waals surface area contributed by atoms with Gasteiger partial charge in [-0.15, -0.1) is 0 Å². The van der Waals surface area contributed by atoms with Gasteiger partial charge in [0.05, 0.1) is 26.7 Å². The van der Waals surface area contributed by atoms with Crippen LogP contribution in [0, 0.1) is 5.92 Å². The van der Waals surface area contributed by atoms with Gasteiger partial charge in [-0.3, -0.25) is 15.1 Å². The number of benzene rings is 1. The predicted octanol–water partition coefficient (Wildman–Crippen LogP) is 1.52. The van der Waals surface area contributed by atoms with E-state index < -0.39 is 5.60 Å². The minimum Gasteiger partial charge on any atom is -0.375 e. The summed E-state index contributed by atoms with van der Waals surface area (Å²) in [6.45, 7) is 2.27. The largest absolute Gasteiger partial charge is 0.375 e. The zero-order valence-corrected chi connectivity index (χ0v) is 18.7. The molecule has 2 fully saturated rings. The summed E-state index contributed by atoms with van der Waals surface area (Å²) < 4.78 is 0.849. The topological polar surface area (TPSA) is 93.3 Å². The van der Waals surface area contributed by atoms with Crippen molar-refractivity contribution in [2.45, 2.75) is 56.6 Å². The van der Waals surface area contributed by atoms with Crippen molar-refractivity contribution in [3.8, 4) is 0 Å². The Balaban J connectivity index is 1.42. The highest BCUT2D eigenvalue weighted by atomic mass is 16.3.